The van der Waals surface area contributed by atoms with Crippen LogP contribution in [0.25, 0.3) is 0 Å². The molecule has 10 unspecified atom stereocenters. The summed E-state index contributed by atoms with van der Waals surface area (Å²) in [6, 6.07) is 0. The molecule has 67 heavy (non-hydrogen) atoms. The van der Waals surface area contributed by atoms with Crippen molar-refractivity contribution < 1.29 is 0 Å². The van der Waals surface area contributed by atoms with Crippen LogP contribution in [0, 0.1) is 59.2 Å². The van der Waals surface area contributed by atoms with Crippen LogP contribution in [0.4, 0.5) is 0 Å². The highest BCUT2D eigenvalue weighted by molar-refractivity contribution is 6.59. The van der Waals surface area contributed by atoms with E-state index in [1.807, 2.05) is 6.08 Å². The van der Waals surface area contributed by atoms with Gasteiger partial charge in [0.05, 0.1) is 0 Å². The van der Waals surface area contributed by atoms with Gasteiger partial charge in [0.1, 0.15) is 0 Å². The molecule has 5 aliphatic carbocycles. The second-order valence-corrected chi connectivity index (χ2v) is 29.1. The maximum Gasteiger partial charge on any atom is 0.262 e. The van der Waals surface area contributed by atoms with E-state index in [0.717, 1.165) is 59.2 Å². The molecule has 0 aromatic carbocycles. The summed E-state index contributed by atoms with van der Waals surface area (Å²) >= 11 is 0.675. The molecule has 0 spiro atoms. The molecule has 5 aliphatic rings. The third-order valence-electron chi connectivity index (χ3n) is 18.9. The average molecular weight is 952 g/mol. The van der Waals surface area contributed by atoms with E-state index in [-0.39, 0.29) is 0 Å². The van der Waals surface area contributed by atoms with Gasteiger partial charge in [-0.05, 0) is 185 Å². The molecule has 0 aliphatic heterocycles. The van der Waals surface area contributed by atoms with Crippen LogP contribution >= 0.6 is 0 Å². The summed E-state index contributed by atoms with van der Waals surface area (Å²) in [7, 11) is 0. The van der Waals surface area contributed by atoms with E-state index >= 15 is 0 Å². The number of hydrogen-bond acceptors (Lipinski definition) is 0. The van der Waals surface area contributed by atoms with E-state index in [4.69, 9.17) is 0 Å². The highest BCUT2D eigenvalue weighted by Crippen LogP contribution is 2.40. The van der Waals surface area contributed by atoms with Gasteiger partial charge in [0.25, 0.3) is 14.1 Å². The van der Waals surface area contributed by atoms with E-state index in [0.29, 0.717) is 0 Å². The lowest BCUT2D eigenvalue weighted by atomic mass is 9.79. The number of unbranched alkanes of at least 4 members (excludes halogenated alkanes) is 10. The molecule has 0 heterocycles. The van der Waals surface area contributed by atoms with E-state index in [1.165, 1.54) is 208 Å². The smallest absolute Gasteiger partial charge is 0.103 e. The molecule has 0 fully saturated rings. The predicted octanol–water partition coefficient (Wildman–Crippen LogP) is 21.1. The molecule has 0 radical (unpaired) electrons. The zero-order valence-electron chi connectivity index (χ0n) is 47.4. The van der Waals surface area contributed by atoms with Gasteiger partial charge in [-0.2, -0.15) is 0 Å². The van der Waals surface area contributed by atoms with Gasteiger partial charge in [-0.1, -0.05) is 210 Å². The lowest BCUT2D eigenvalue weighted by Crippen LogP contribution is -2.29. The summed E-state index contributed by atoms with van der Waals surface area (Å²) in [5.74, 6) is 9.56. The zero-order valence-corrected chi connectivity index (χ0v) is 50.5. The first kappa shape index (κ1) is 60.8. The highest BCUT2D eigenvalue weighted by atomic mass is 27.2. The van der Waals surface area contributed by atoms with Crippen molar-refractivity contribution in [3.05, 3.63) is 70.9 Å². The Morgan fingerprint density at radius 2 is 0.701 bits per heavy atom. The largest absolute Gasteiger partial charge is 0.262 e. The first-order valence-corrected chi connectivity index (χ1v) is 34.0. The van der Waals surface area contributed by atoms with E-state index in [9.17, 15) is 0 Å². The van der Waals surface area contributed by atoms with Crippen molar-refractivity contribution in [2.24, 2.45) is 59.2 Å². The Morgan fingerprint density at radius 3 is 0.970 bits per heavy atom. The zero-order chi connectivity index (χ0) is 48.8. The molecule has 0 aromatic heterocycles. The van der Waals surface area contributed by atoms with Crippen LogP contribution in [0.5, 0.6) is 0 Å². The summed E-state index contributed by atoms with van der Waals surface area (Å²) in [5.41, 5.74) is 8.15. The van der Waals surface area contributed by atoms with Crippen molar-refractivity contribution in [3.8, 4) is 0 Å². The van der Waals surface area contributed by atoms with Crippen molar-refractivity contribution >= 4 is 30.4 Å². The summed E-state index contributed by atoms with van der Waals surface area (Å²) in [4.78, 5) is 0. The van der Waals surface area contributed by atoms with E-state index < -0.39 is 14.1 Å². The molecule has 2 heteroatoms. The first-order chi connectivity index (χ1) is 32.3. The minimum atomic E-state index is -0.729. The Kier molecular flexibility index (Phi) is 33.1. The maximum absolute atomic E-state index is 3.77. The molecule has 0 aromatic rings. The van der Waals surface area contributed by atoms with Gasteiger partial charge in [-0.25, -0.2) is 0 Å². The van der Waals surface area contributed by atoms with Crippen LogP contribution in [0.2, 0.25) is 21.1 Å². The lowest BCUT2D eigenvalue weighted by Gasteiger charge is -2.34. The molecule has 10 atom stereocenters. The topological polar surface area (TPSA) is 0 Å². The second-order valence-electron chi connectivity index (χ2n) is 24.9. The normalized spacial score (nSPS) is 25.5. The lowest BCUT2D eigenvalue weighted by molar-refractivity contribution is 0.301. The van der Waals surface area contributed by atoms with Crippen molar-refractivity contribution in [3.63, 3.8) is 0 Å². The average Bonchev–Trinajstić information content (AvgIpc) is 3.32. The van der Waals surface area contributed by atoms with Crippen molar-refractivity contribution in [1.82, 2.24) is 0 Å². The monoisotopic (exact) mass is 951 g/mol. The summed E-state index contributed by atoms with van der Waals surface area (Å²) < 4.78 is 0. The van der Waals surface area contributed by atoms with Gasteiger partial charge in [0.15, 0.2) is 0 Å². The Labute approximate surface area is 434 Å². The van der Waals surface area contributed by atoms with Crippen LogP contribution in [0.1, 0.15) is 255 Å². The van der Waals surface area contributed by atoms with Gasteiger partial charge in [-0.15, -0.1) is 11.9 Å². The number of allylic oxidation sites excluding steroid dienone is 11. The molecule has 382 valence electrons. The minimum absolute atomic E-state index is 0.729. The van der Waals surface area contributed by atoms with Crippen LogP contribution in [-0.4, -0.2) is 30.4 Å². The van der Waals surface area contributed by atoms with Gasteiger partial charge in [-0.3, -0.25) is 0 Å². The molecular weight excluding hydrogens is 835 g/mol. The fraction of sp³-hybridized carbons (Fsp3) is 0.815. The van der Waals surface area contributed by atoms with E-state index in [1.54, 1.807) is 43.7 Å². The summed E-state index contributed by atoms with van der Waals surface area (Å²) in [6.07, 6.45) is 55.5. The van der Waals surface area contributed by atoms with Gasteiger partial charge in [0, 0.05) is 0 Å². The van der Waals surface area contributed by atoms with E-state index in [2.05, 4.69) is 106 Å². The summed E-state index contributed by atoms with van der Waals surface area (Å²) in [5, 5.41) is 6.33. The predicted molar refractivity (Wildman–Crippen MR) is 310 cm³/mol. The van der Waals surface area contributed by atoms with Gasteiger partial charge < -0.3 is 0 Å². The Hall–Kier alpha value is -0.495. The van der Waals surface area contributed by atoms with Gasteiger partial charge >= 0.3 is 0 Å². The minimum Gasteiger partial charge on any atom is -0.103 e. The van der Waals surface area contributed by atoms with Crippen LogP contribution in [0.15, 0.2) is 70.9 Å². The SMILES string of the molecule is C=CCCCCCCC(C)C1CC=C(C)CC1.CC1=CCC(C(C)CCCCCCCC[CH2][AlH2])CC1.CC1=CCC(C(C)[CH2][Al]([CH2]C(C)C2CC=C(C)CC2)[CH2]C(C)C2CC=C(C)CC2)CC1. The summed E-state index contributed by atoms with van der Waals surface area (Å²) in [6.45, 7) is 28.2. The van der Waals surface area contributed by atoms with Gasteiger partial charge in [0.2, 0.25) is 16.3 Å². The quantitative estimate of drug-likeness (QED) is 0.0437. The molecular formula is C65H116Al2. The second kappa shape index (κ2) is 36.4. The fourth-order valence-corrected chi connectivity index (χ4v) is 18.5. The Balaban J connectivity index is 0.000000285. The Bertz CT molecular complexity index is 1370. The highest BCUT2D eigenvalue weighted by Gasteiger charge is 2.33. The van der Waals surface area contributed by atoms with Crippen LogP contribution in [-0.2, 0) is 0 Å². The Morgan fingerprint density at radius 1 is 0.433 bits per heavy atom. The number of rotatable bonds is 27. The third-order valence-corrected chi connectivity index (χ3v) is 23.8. The fourth-order valence-electron chi connectivity index (χ4n) is 13.1. The van der Waals surface area contributed by atoms with Crippen molar-refractivity contribution in [2.75, 3.05) is 0 Å². The molecule has 0 amide bonds. The molecule has 5 rings (SSSR count). The van der Waals surface area contributed by atoms with Crippen molar-refractivity contribution in [2.45, 2.75) is 277 Å². The molecule has 0 saturated carbocycles. The molecule has 0 saturated heterocycles. The van der Waals surface area contributed by atoms with Crippen LogP contribution < -0.4 is 0 Å². The molecule has 0 bridgehead atoms. The van der Waals surface area contributed by atoms with Crippen LogP contribution in [0.3, 0.4) is 0 Å². The number of hydrogen-bond donors (Lipinski definition) is 0. The first-order valence-electron chi connectivity index (χ1n) is 30.2. The maximum atomic E-state index is 3.77. The third kappa shape index (κ3) is 26.7. The molecule has 0 N–H and O–H groups in total. The van der Waals surface area contributed by atoms with Crippen molar-refractivity contribution in [1.29, 1.82) is 0 Å². The molecule has 0 nitrogen and oxygen atoms in total. The standard InChI is InChI=1S/C18H33.C17H30.3C10H17.2Al.2H/c1-4-5-6-7-8-9-10-11-17(3)18-14-12-16(2)13-15-18;1-4-5-6-7-8-9-10-16(3)17-13-11-15(2)12-14-17;3*1-8(2)10-6-4-9(3)5-7-10;;;;/h12,17-18H,1,4-11,13-15H2,2-3H3;4,11,16-17H,1,5-10,12-14H2,2-3H3;3*4,8,10H,1,5-7H2,2-3H3;;;;.